The number of carbonyl (C=O) groups is 3. The quantitative estimate of drug-likeness (QED) is 0.242. The van der Waals surface area contributed by atoms with Gasteiger partial charge in [0.15, 0.2) is 0 Å². The number of hydrogen-bond donors (Lipinski definition) is 1. The highest BCUT2D eigenvalue weighted by molar-refractivity contribution is 6.39. The number of non-ortho nitro benzene ring substituents is 1. The van der Waals surface area contributed by atoms with Gasteiger partial charge in [-0.3, -0.25) is 25.0 Å². The molecule has 0 aliphatic carbocycles. The molecule has 1 aliphatic rings. The molecule has 170 valence electrons. The van der Waals surface area contributed by atoms with Gasteiger partial charge in [0.05, 0.1) is 10.6 Å². The zero-order valence-corrected chi connectivity index (χ0v) is 18.2. The lowest BCUT2D eigenvalue weighted by Gasteiger charge is -2.26. The Kier molecular flexibility index (Phi) is 6.37. The lowest BCUT2D eigenvalue weighted by atomic mass is 10.1. The maximum Gasteiger partial charge on any atom is 0.335 e. The van der Waals surface area contributed by atoms with Crippen LogP contribution in [0.4, 0.5) is 16.2 Å². The van der Waals surface area contributed by atoms with Crippen LogP contribution in [0.1, 0.15) is 11.1 Å². The van der Waals surface area contributed by atoms with Crippen LogP contribution in [0.25, 0.3) is 6.08 Å². The standard InChI is InChI=1S/C24H16ClN3O6/c25-17-7-5-15(6-8-17)14-34-21-4-2-1-3-16(21)13-20-22(29)26-24(31)27(23(20)30)18-9-11-19(12-10-18)28(32)33/h1-13H,14H2,(H,26,29,31)/b20-13+. The number of halogens is 1. The minimum Gasteiger partial charge on any atom is -0.488 e. The van der Waals surface area contributed by atoms with Crippen molar-refractivity contribution in [3.63, 3.8) is 0 Å². The van der Waals surface area contributed by atoms with Crippen molar-refractivity contribution in [1.82, 2.24) is 5.32 Å². The van der Waals surface area contributed by atoms with Crippen LogP contribution in [0.15, 0.2) is 78.4 Å². The molecule has 1 saturated heterocycles. The first-order valence-corrected chi connectivity index (χ1v) is 10.3. The number of nitrogens with one attached hydrogen (secondary N) is 1. The van der Waals surface area contributed by atoms with Crippen LogP contribution in [0.5, 0.6) is 5.75 Å². The molecule has 0 saturated carbocycles. The first-order valence-electron chi connectivity index (χ1n) is 9.95. The SMILES string of the molecule is O=C1NC(=O)N(c2ccc([N+](=O)[O-])cc2)C(=O)/C1=C/c1ccccc1OCc1ccc(Cl)cc1. The Morgan fingerprint density at radius 2 is 1.65 bits per heavy atom. The van der Waals surface area contributed by atoms with E-state index in [1.165, 1.54) is 18.2 Å². The number of carbonyl (C=O) groups excluding carboxylic acids is 3. The smallest absolute Gasteiger partial charge is 0.335 e. The molecule has 0 spiro atoms. The summed E-state index contributed by atoms with van der Waals surface area (Å²) in [5.74, 6) is -1.31. The minimum absolute atomic E-state index is 0.0822. The third kappa shape index (κ3) is 4.79. The summed E-state index contributed by atoms with van der Waals surface area (Å²) in [6.07, 6.45) is 1.33. The van der Waals surface area contributed by atoms with E-state index in [-0.39, 0.29) is 23.6 Å². The van der Waals surface area contributed by atoms with Crippen molar-refractivity contribution < 1.29 is 24.0 Å². The molecule has 1 heterocycles. The number of amides is 4. The Labute approximate surface area is 198 Å². The Morgan fingerprint density at radius 3 is 2.32 bits per heavy atom. The average Bonchev–Trinajstić information content (AvgIpc) is 2.82. The van der Waals surface area contributed by atoms with E-state index in [0.29, 0.717) is 16.3 Å². The van der Waals surface area contributed by atoms with E-state index in [2.05, 4.69) is 5.32 Å². The summed E-state index contributed by atoms with van der Waals surface area (Å²) in [5.41, 5.74) is 0.910. The van der Waals surface area contributed by atoms with Crippen molar-refractivity contribution in [2.75, 3.05) is 4.90 Å². The van der Waals surface area contributed by atoms with Crippen molar-refractivity contribution in [2.45, 2.75) is 6.61 Å². The van der Waals surface area contributed by atoms with Gasteiger partial charge in [0.1, 0.15) is 17.9 Å². The summed E-state index contributed by atoms with van der Waals surface area (Å²) in [5, 5.41) is 13.6. The maximum atomic E-state index is 13.1. The lowest BCUT2D eigenvalue weighted by Crippen LogP contribution is -2.54. The van der Waals surface area contributed by atoms with Crippen LogP contribution in [-0.2, 0) is 16.2 Å². The number of imide groups is 2. The fourth-order valence-corrected chi connectivity index (χ4v) is 3.37. The fraction of sp³-hybridized carbons (Fsp3) is 0.0417. The van der Waals surface area contributed by atoms with Gasteiger partial charge in [-0.25, -0.2) is 9.69 Å². The summed E-state index contributed by atoms with van der Waals surface area (Å²) in [6.45, 7) is 0.227. The topological polar surface area (TPSA) is 119 Å². The van der Waals surface area contributed by atoms with Gasteiger partial charge in [0.25, 0.3) is 17.5 Å². The molecule has 4 rings (SSSR count). The van der Waals surface area contributed by atoms with Crippen LogP contribution in [-0.4, -0.2) is 22.8 Å². The van der Waals surface area contributed by atoms with E-state index in [9.17, 15) is 24.5 Å². The second-order valence-electron chi connectivity index (χ2n) is 7.18. The number of nitrogens with zero attached hydrogens (tertiary/aromatic N) is 2. The molecule has 9 nitrogen and oxygen atoms in total. The van der Waals surface area contributed by atoms with Crippen molar-refractivity contribution in [3.05, 3.63) is 105 Å². The number of barbiturate groups is 1. The molecule has 0 bridgehead atoms. The number of ether oxygens (including phenoxy) is 1. The molecule has 3 aromatic carbocycles. The summed E-state index contributed by atoms with van der Waals surface area (Å²) < 4.78 is 5.87. The number of para-hydroxylation sites is 1. The van der Waals surface area contributed by atoms with E-state index in [0.717, 1.165) is 22.6 Å². The van der Waals surface area contributed by atoms with E-state index in [1.54, 1.807) is 36.4 Å². The van der Waals surface area contributed by atoms with Gasteiger partial charge in [-0.05, 0) is 42.0 Å². The van der Waals surface area contributed by atoms with Crippen LogP contribution in [0, 0.1) is 10.1 Å². The normalized spacial score (nSPS) is 14.8. The number of nitro benzene ring substituents is 1. The summed E-state index contributed by atoms with van der Waals surface area (Å²) in [4.78, 5) is 48.9. The van der Waals surface area contributed by atoms with E-state index >= 15 is 0 Å². The molecular formula is C24H16ClN3O6. The molecule has 0 radical (unpaired) electrons. The van der Waals surface area contributed by atoms with E-state index < -0.39 is 22.8 Å². The van der Waals surface area contributed by atoms with Gasteiger partial charge in [0.2, 0.25) is 0 Å². The minimum atomic E-state index is -0.951. The molecule has 10 heteroatoms. The number of urea groups is 1. The van der Waals surface area contributed by atoms with Gasteiger partial charge in [-0.15, -0.1) is 0 Å². The number of hydrogen-bond acceptors (Lipinski definition) is 6. The molecule has 0 unspecified atom stereocenters. The largest absolute Gasteiger partial charge is 0.488 e. The van der Waals surface area contributed by atoms with Crippen LogP contribution in [0.2, 0.25) is 5.02 Å². The third-order valence-corrected chi connectivity index (χ3v) is 5.20. The highest BCUT2D eigenvalue weighted by Crippen LogP contribution is 2.27. The first kappa shape index (κ1) is 22.7. The molecule has 0 aromatic heterocycles. The fourth-order valence-electron chi connectivity index (χ4n) is 3.24. The average molecular weight is 478 g/mol. The summed E-state index contributed by atoms with van der Waals surface area (Å²) in [7, 11) is 0. The second-order valence-corrected chi connectivity index (χ2v) is 7.62. The zero-order chi connectivity index (χ0) is 24.2. The van der Waals surface area contributed by atoms with Gasteiger partial charge >= 0.3 is 6.03 Å². The number of rotatable bonds is 6. The monoisotopic (exact) mass is 477 g/mol. The van der Waals surface area contributed by atoms with Crippen molar-refractivity contribution in [1.29, 1.82) is 0 Å². The van der Waals surface area contributed by atoms with Crippen molar-refractivity contribution in [2.24, 2.45) is 0 Å². The summed E-state index contributed by atoms with van der Waals surface area (Å²) in [6, 6.07) is 17.8. The van der Waals surface area contributed by atoms with Gasteiger partial charge < -0.3 is 4.74 Å². The number of anilines is 1. The molecule has 1 fully saturated rings. The van der Waals surface area contributed by atoms with E-state index in [1.807, 2.05) is 12.1 Å². The summed E-state index contributed by atoms with van der Waals surface area (Å²) >= 11 is 5.90. The number of nitro groups is 1. The van der Waals surface area contributed by atoms with E-state index in [4.69, 9.17) is 16.3 Å². The maximum absolute atomic E-state index is 13.1. The highest BCUT2D eigenvalue weighted by atomic mass is 35.5. The van der Waals surface area contributed by atoms with Gasteiger partial charge in [-0.1, -0.05) is 41.9 Å². The molecule has 0 atom stereocenters. The first-order chi connectivity index (χ1) is 16.3. The van der Waals surface area contributed by atoms with Crippen molar-refractivity contribution in [3.8, 4) is 5.75 Å². The van der Waals surface area contributed by atoms with Crippen molar-refractivity contribution >= 4 is 46.9 Å². The molecule has 1 N–H and O–H groups in total. The molecule has 34 heavy (non-hydrogen) atoms. The molecule has 1 aliphatic heterocycles. The molecule has 4 amide bonds. The van der Waals surface area contributed by atoms with Crippen LogP contribution in [0.3, 0.4) is 0 Å². The van der Waals surface area contributed by atoms with Crippen LogP contribution < -0.4 is 15.0 Å². The van der Waals surface area contributed by atoms with Gasteiger partial charge in [0, 0.05) is 22.7 Å². The molecule has 3 aromatic rings. The highest BCUT2D eigenvalue weighted by Gasteiger charge is 2.37. The molecular weight excluding hydrogens is 462 g/mol. The third-order valence-electron chi connectivity index (χ3n) is 4.95. The van der Waals surface area contributed by atoms with Gasteiger partial charge in [-0.2, -0.15) is 0 Å². The second kappa shape index (κ2) is 9.55. The van der Waals surface area contributed by atoms with Crippen LogP contribution >= 0.6 is 11.6 Å². The Hall–Kier alpha value is -4.50. The number of benzene rings is 3. The predicted molar refractivity (Wildman–Crippen MR) is 124 cm³/mol. The predicted octanol–water partition coefficient (Wildman–Crippen LogP) is 4.49. The Balaban J connectivity index is 1.62. The lowest BCUT2D eigenvalue weighted by molar-refractivity contribution is -0.384. The Bertz CT molecular complexity index is 1320. The Morgan fingerprint density at radius 1 is 0.971 bits per heavy atom. The zero-order valence-electron chi connectivity index (χ0n) is 17.4.